The van der Waals surface area contributed by atoms with Crippen LogP contribution in [0.15, 0.2) is 42.6 Å². The number of alkyl carbamates (subject to hydrolysis) is 1. The van der Waals surface area contributed by atoms with Crippen molar-refractivity contribution in [2.24, 2.45) is 0 Å². The van der Waals surface area contributed by atoms with E-state index in [1.54, 1.807) is 45.0 Å². The van der Waals surface area contributed by atoms with Gasteiger partial charge >= 0.3 is 12.3 Å². The Bertz CT molecular complexity index is 1110. The number of ether oxygens (including phenoxy) is 3. The summed E-state index contributed by atoms with van der Waals surface area (Å²) < 4.78 is 56.6. The highest BCUT2D eigenvalue weighted by atomic mass is 19.4. The number of carbonyl (C=O) groups is 1. The van der Waals surface area contributed by atoms with E-state index in [0.29, 0.717) is 17.2 Å². The first-order valence-corrected chi connectivity index (χ1v) is 10.2. The van der Waals surface area contributed by atoms with Gasteiger partial charge in [0.25, 0.3) is 5.82 Å². The average Bonchev–Trinajstić information content (AvgIpc) is 3.22. The average molecular weight is 479 g/mol. The third kappa shape index (κ3) is 6.59. The number of methoxy groups -OCH3 is 1. The normalized spacial score (nSPS) is 11.7. The summed E-state index contributed by atoms with van der Waals surface area (Å²) in [6, 6.07) is 9.33. The zero-order valence-corrected chi connectivity index (χ0v) is 19.0. The molecule has 0 bridgehead atoms. The summed E-state index contributed by atoms with van der Waals surface area (Å²) >= 11 is 0. The molecule has 0 spiro atoms. The number of amides is 1. The molecule has 0 aliphatic rings. The van der Waals surface area contributed by atoms with E-state index in [1.165, 1.54) is 25.4 Å². The number of nitrogens with one attached hydrogen (secondary N) is 1. The monoisotopic (exact) mass is 479 g/mol. The molecule has 0 saturated heterocycles. The SMILES string of the molecule is COc1ccc(-n2nc(C(F)(F)F)nc2-c2ccc(OCCNC(=O)OC(C)(C)C)cc2)cn1. The van der Waals surface area contributed by atoms with Crippen LogP contribution >= 0.6 is 0 Å². The quantitative estimate of drug-likeness (QED) is 0.506. The second kappa shape index (κ2) is 9.98. The maximum Gasteiger partial charge on any atom is 0.453 e. The van der Waals surface area contributed by atoms with Crippen molar-refractivity contribution in [1.82, 2.24) is 25.1 Å². The fourth-order valence-corrected chi connectivity index (χ4v) is 2.75. The van der Waals surface area contributed by atoms with Gasteiger partial charge in [0.1, 0.15) is 18.0 Å². The second-order valence-electron chi connectivity index (χ2n) is 8.03. The van der Waals surface area contributed by atoms with E-state index < -0.39 is 23.7 Å². The number of pyridine rings is 1. The Kier molecular flexibility index (Phi) is 7.28. The largest absolute Gasteiger partial charge is 0.492 e. The minimum absolute atomic E-state index is 0.0163. The van der Waals surface area contributed by atoms with E-state index in [-0.39, 0.29) is 24.7 Å². The molecule has 1 N–H and O–H groups in total. The lowest BCUT2D eigenvalue weighted by atomic mass is 10.2. The van der Waals surface area contributed by atoms with Crippen molar-refractivity contribution in [3.8, 4) is 28.7 Å². The lowest BCUT2D eigenvalue weighted by Crippen LogP contribution is -2.34. The number of hydrogen-bond donors (Lipinski definition) is 1. The topological polar surface area (TPSA) is 100 Å². The molecule has 1 amide bonds. The molecule has 182 valence electrons. The molecule has 0 radical (unpaired) electrons. The van der Waals surface area contributed by atoms with Crippen molar-refractivity contribution in [2.45, 2.75) is 32.5 Å². The third-order valence-electron chi connectivity index (χ3n) is 4.19. The van der Waals surface area contributed by atoms with Gasteiger partial charge in [0, 0.05) is 11.6 Å². The Balaban J connectivity index is 1.73. The van der Waals surface area contributed by atoms with Crippen LogP contribution in [0.1, 0.15) is 26.6 Å². The zero-order valence-electron chi connectivity index (χ0n) is 19.0. The van der Waals surface area contributed by atoms with E-state index in [4.69, 9.17) is 14.2 Å². The van der Waals surface area contributed by atoms with Gasteiger partial charge < -0.3 is 19.5 Å². The van der Waals surface area contributed by atoms with Gasteiger partial charge in [0.15, 0.2) is 5.82 Å². The Hall–Kier alpha value is -3.83. The third-order valence-corrected chi connectivity index (χ3v) is 4.19. The Labute approximate surface area is 193 Å². The van der Waals surface area contributed by atoms with E-state index in [1.807, 2.05) is 0 Å². The van der Waals surface area contributed by atoms with E-state index in [9.17, 15) is 18.0 Å². The van der Waals surface area contributed by atoms with Gasteiger partial charge in [-0.15, -0.1) is 5.10 Å². The molecule has 2 heterocycles. The summed E-state index contributed by atoms with van der Waals surface area (Å²) in [5.74, 6) is -0.517. The maximum absolute atomic E-state index is 13.3. The summed E-state index contributed by atoms with van der Waals surface area (Å²) in [6.45, 7) is 5.66. The van der Waals surface area contributed by atoms with Crippen LogP contribution < -0.4 is 14.8 Å². The van der Waals surface area contributed by atoms with Crippen LogP contribution in [-0.2, 0) is 10.9 Å². The van der Waals surface area contributed by atoms with Crippen LogP contribution in [0.3, 0.4) is 0 Å². The van der Waals surface area contributed by atoms with Crippen LogP contribution in [0.4, 0.5) is 18.0 Å². The van der Waals surface area contributed by atoms with Crippen LogP contribution in [0, 0.1) is 0 Å². The Morgan fingerprint density at radius 1 is 1.09 bits per heavy atom. The molecule has 0 saturated carbocycles. The lowest BCUT2D eigenvalue weighted by molar-refractivity contribution is -0.144. The number of nitrogens with zero attached hydrogens (tertiary/aromatic N) is 4. The predicted molar refractivity (Wildman–Crippen MR) is 116 cm³/mol. The molecule has 1 aromatic carbocycles. The van der Waals surface area contributed by atoms with Crippen molar-refractivity contribution in [3.05, 3.63) is 48.4 Å². The van der Waals surface area contributed by atoms with Crippen molar-refractivity contribution in [1.29, 1.82) is 0 Å². The van der Waals surface area contributed by atoms with E-state index in [0.717, 1.165) is 4.68 Å². The minimum Gasteiger partial charge on any atom is -0.492 e. The van der Waals surface area contributed by atoms with Gasteiger partial charge in [-0.25, -0.2) is 19.4 Å². The highest BCUT2D eigenvalue weighted by Gasteiger charge is 2.37. The highest BCUT2D eigenvalue weighted by Crippen LogP contribution is 2.31. The van der Waals surface area contributed by atoms with Crippen molar-refractivity contribution >= 4 is 6.09 Å². The Morgan fingerprint density at radius 3 is 2.35 bits per heavy atom. The number of aromatic nitrogens is 4. The summed E-state index contributed by atoms with van der Waals surface area (Å²) in [4.78, 5) is 19.3. The second-order valence-corrected chi connectivity index (χ2v) is 8.03. The van der Waals surface area contributed by atoms with Crippen LogP contribution in [0.5, 0.6) is 11.6 Å². The van der Waals surface area contributed by atoms with Gasteiger partial charge in [-0.05, 0) is 51.1 Å². The lowest BCUT2D eigenvalue weighted by Gasteiger charge is -2.19. The van der Waals surface area contributed by atoms with Gasteiger partial charge in [0.05, 0.1) is 25.5 Å². The van der Waals surface area contributed by atoms with Crippen LogP contribution in [0.25, 0.3) is 17.1 Å². The molecule has 0 unspecified atom stereocenters. The van der Waals surface area contributed by atoms with Gasteiger partial charge in [-0.1, -0.05) is 0 Å². The number of carbonyl (C=O) groups excluding carboxylic acids is 1. The molecule has 9 nitrogen and oxygen atoms in total. The fourth-order valence-electron chi connectivity index (χ4n) is 2.75. The highest BCUT2D eigenvalue weighted by molar-refractivity contribution is 5.67. The molecule has 12 heteroatoms. The first-order chi connectivity index (χ1) is 16.0. The maximum atomic E-state index is 13.3. The van der Waals surface area contributed by atoms with Crippen LogP contribution in [-0.4, -0.2) is 51.7 Å². The van der Waals surface area contributed by atoms with E-state index >= 15 is 0 Å². The molecule has 2 aromatic heterocycles. The zero-order chi connectivity index (χ0) is 24.9. The van der Waals surface area contributed by atoms with Gasteiger partial charge in [-0.2, -0.15) is 13.2 Å². The molecule has 0 aliphatic carbocycles. The number of alkyl halides is 3. The molecular weight excluding hydrogens is 455 g/mol. The number of rotatable bonds is 7. The molecule has 0 atom stereocenters. The summed E-state index contributed by atoms with van der Waals surface area (Å²) in [5.41, 5.74) is 0.0697. The predicted octanol–water partition coefficient (Wildman–Crippen LogP) is 4.26. The number of halogens is 3. The molecule has 0 fully saturated rings. The fraction of sp³-hybridized carbons (Fsp3) is 0.364. The smallest absolute Gasteiger partial charge is 0.453 e. The van der Waals surface area contributed by atoms with Crippen molar-refractivity contribution in [2.75, 3.05) is 20.3 Å². The molecule has 34 heavy (non-hydrogen) atoms. The van der Waals surface area contributed by atoms with E-state index in [2.05, 4.69) is 20.4 Å². The van der Waals surface area contributed by atoms with Gasteiger partial charge in [-0.3, -0.25) is 0 Å². The standard InChI is InChI=1S/C22H24F3N5O4/c1-21(2,3)34-20(31)26-11-12-33-16-8-5-14(6-9-16)18-28-19(22(23,24)25)29-30(18)15-7-10-17(32-4)27-13-15/h5-10,13H,11-12H2,1-4H3,(H,26,31). The Morgan fingerprint density at radius 2 is 1.79 bits per heavy atom. The summed E-state index contributed by atoms with van der Waals surface area (Å²) in [7, 11) is 1.43. The molecule has 0 aliphatic heterocycles. The summed E-state index contributed by atoms with van der Waals surface area (Å²) in [6.07, 6.45) is -3.93. The van der Waals surface area contributed by atoms with Crippen molar-refractivity contribution in [3.63, 3.8) is 0 Å². The molecular formula is C22H24F3N5O4. The number of benzene rings is 1. The first-order valence-electron chi connectivity index (χ1n) is 10.2. The minimum atomic E-state index is -4.72. The molecule has 3 rings (SSSR count). The summed E-state index contributed by atoms with van der Waals surface area (Å²) in [5, 5.41) is 6.19. The van der Waals surface area contributed by atoms with Crippen LogP contribution in [0.2, 0.25) is 0 Å². The molecule has 3 aromatic rings. The first kappa shape index (κ1) is 24.8. The van der Waals surface area contributed by atoms with Crippen molar-refractivity contribution < 1.29 is 32.2 Å². The van der Waals surface area contributed by atoms with Gasteiger partial charge in [0.2, 0.25) is 5.88 Å². The number of hydrogen-bond acceptors (Lipinski definition) is 7.